The van der Waals surface area contributed by atoms with Crippen molar-refractivity contribution in [3.05, 3.63) is 40.9 Å². The molecule has 0 aliphatic carbocycles. The van der Waals surface area contributed by atoms with E-state index in [0.29, 0.717) is 5.13 Å². The topological polar surface area (TPSA) is 88.5 Å². The minimum Gasteiger partial charge on any atom is -0.508 e. The lowest BCUT2D eigenvalue weighted by atomic mass is 10.2. The van der Waals surface area contributed by atoms with E-state index in [1.54, 1.807) is 5.38 Å². The molecule has 2 N–H and O–H groups in total. The van der Waals surface area contributed by atoms with E-state index in [9.17, 15) is 9.59 Å². The Bertz CT molecular complexity index is 622. The van der Waals surface area contributed by atoms with Gasteiger partial charge in [-0.2, -0.15) is 0 Å². The molecule has 1 aromatic carbocycles. The standard InChI is InChI=1S/C13H12N2O4S/c1-8-7-20-13(14-8)15-11(17)6-19-12(18)9-2-4-10(16)5-3-9/h2-5,7,16H,6H2,1H3,(H,14,15,17). The van der Waals surface area contributed by atoms with Crippen LogP contribution in [0.4, 0.5) is 5.13 Å². The fourth-order valence-corrected chi connectivity index (χ4v) is 2.08. The number of nitrogens with one attached hydrogen (secondary N) is 1. The van der Waals surface area contributed by atoms with Gasteiger partial charge in [-0.05, 0) is 31.2 Å². The van der Waals surface area contributed by atoms with Crippen LogP contribution in [0.25, 0.3) is 0 Å². The van der Waals surface area contributed by atoms with Crippen molar-refractivity contribution < 1.29 is 19.4 Å². The van der Waals surface area contributed by atoms with E-state index < -0.39 is 18.5 Å². The third-order valence-electron chi connectivity index (χ3n) is 2.30. The Morgan fingerprint density at radius 3 is 2.65 bits per heavy atom. The highest BCUT2D eigenvalue weighted by Crippen LogP contribution is 2.14. The molecular formula is C13H12N2O4S. The van der Waals surface area contributed by atoms with Crippen molar-refractivity contribution in [2.45, 2.75) is 6.92 Å². The van der Waals surface area contributed by atoms with Crippen LogP contribution in [0.15, 0.2) is 29.6 Å². The number of hydrogen-bond acceptors (Lipinski definition) is 6. The molecule has 0 fully saturated rings. The van der Waals surface area contributed by atoms with Crippen LogP contribution >= 0.6 is 11.3 Å². The Morgan fingerprint density at radius 2 is 2.05 bits per heavy atom. The number of hydrogen-bond donors (Lipinski definition) is 2. The van der Waals surface area contributed by atoms with Crippen LogP contribution in [0.5, 0.6) is 5.75 Å². The largest absolute Gasteiger partial charge is 0.508 e. The first-order valence-electron chi connectivity index (χ1n) is 5.73. The molecule has 0 radical (unpaired) electrons. The molecule has 104 valence electrons. The predicted molar refractivity (Wildman–Crippen MR) is 73.9 cm³/mol. The first-order valence-corrected chi connectivity index (χ1v) is 6.60. The SMILES string of the molecule is Cc1csc(NC(=O)COC(=O)c2ccc(O)cc2)n1. The van der Waals surface area contributed by atoms with Crippen LogP contribution in [0, 0.1) is 6.92 Å². The van der Waals surface area contributed by atoms with Crippen LogP contribution in [0.3, 0.4) is 0 Å². The quantitative estimate of drug-likeness (QED) is 0.841. The second kappa shape index (κ2) is 6.16. The highest BCUT2D eigenvalue weighted by molar-refractivity contribution is 7.13. The van der Waals surface area contributed by atoms with Gasteiger partial charge in [0, 0.05) is 5.38 Å². The number of amides is 1. The fraction of sp³-hybridized carbons (Fsp3) is 0.154. The smallest absolute Gasteiger partial charge is 0.338 e. The summed E-state index contributed by atoms with van der Waals surface area (Å²) in [5.41, 5.74) is 1.08. The molecule has 0 aliphatic rings. The lowest BCUT2D eigenvalue weighted by Gasteiger charge is -2.04. The van der Waals surface area contributed by atoms with Crippen molar-refractivity contribution in [1.29, 1.82) is 0 Å². The number of rotatable bonds is 4. The van der Waals surface area contributed by atoms with Gasteiger partial charge in [-0.25, -0.2) is 9.78 Å². The Morgan fingerprint density at radius 1 is 1.35 bits per heavy atom. The van der Waals surface area contributed by atoms with Crippen LogP contribution < -0.4 is 5.32 Å². The number of carbonyl (C=O) groups excluding carboxylic acids is 2. The second-order valence-corrected chi connectivity index (χ2v) is 4.82. The summed E-state index contributed by atoms with van der Waals surface area (Å²) in [4.78, 5) is 27.2. The third kappa shape index (κ3) is 3.79. The number of aryl methyl sites for hydroxylation is 1. The van der Waals surface area contributed by atoms with E-state index >= 15 is 0 Å². The van der Waals surface area contributed by atoms with E-state index in [1.807, 2.05) is 6.92 Å². The molecule has 20 heavy (non-hydrogen) atoms. The zero-order chi connectivity index (χ0) is 14.5. The van der Waals surface area contributed by atoms with Gasteiger partial charge in [0.15, 0.2) is 11.7 Å². The maximum absolute atomic E-state index is 11.6. The van der Waals surface area contributed by atoms with Gasteiger partial charge in [0.2, 0.25) is 0 Å². The summed E-state index contributed by atoms with van der Waals surface area (Å²) < 4.78 is 4.85. The van der Waals surface area contributed by atoms with E-state index in [0.717, 1.165) is 5.69 Å². The van der Waals surface area contributed by atoms with E-state index in [2.05, 4.69) is 10.3 Å². The Hall–Kier alpha value is -2.41. The summed E-state index contributed by atoms with van der Waals surface area (Å²) >= 11 is 1.30. The van der Waals surface area contributed by atoms with Gasteiger partial charge >= 0.3 is 5.97 Å². The molecule has 1 amide bonds. The van der Waals surface area contributed by atoms with Crippen molar-refractivity contribution in [1.82, 2.24) is 4.98 Å². The number of anilines is 1. The normalized spacial score (nSPS) is 10.1. The third-order valence-corrected chi connectivity index (χ3v) is 3.18. The highest BCUT2D eigenvalue weighted by Gasteiger charge is 2.11. The fourth-order valence-electron chi connectivity index (χ4n) is 1.38. The Labute approximate surface area is 119 Å². The Kier molecular flexibility index (Phi) is 4.31. The maximum atomic E-state index is 11.6. The number of thiazole rings is 1. The molecule has 2 aromatic rings. The van der Waals surface area contributed by atoms with Gasteiger partial charge in [0.1, 0.15) is 5.75 Å². The minimum absolute atomic E-state index is 0.0541. The number of nitrogens with zero attached hydrogens (tertiary/aromatic N) is 1. The highest BCUT2D eigenvalue weighted by atomic mass is 32.1. The molecular weight excluding hydrogens is 280 g/mol. The lowest BCUT2D eigenvalue weighted by molar-refractivity contribution is -0.119. The van der Waals surface area contributed by atoms with Gasteiger partial charge in [-0.3, -0.25) is 10.1 Å². The number of aromatic nitrogens is 1. The van der Waals surface area contributed by atoms with Crippen molar-refractivity contribution >= 4 is 28.3 Å². The average molecular weight is 292 g/mol. The molecule has 7 heteroatoms. The first-order chi connectivity index (χ1) is 9.54. The molecule has 6 nitrogen and oxygen atoms in total. The van der Waals surface area contributed by atoms with Gasteiger partial charge < -0.3 is 9.84 Å². The number of phenolic OH excluding ortho intramolecular Hbond substituents is 1. The van der Waals surface area contributed by atoms with Crippen molar-refractivity contribution in [3.8, 4) is 5.75 Å². The minimum atomic E-state index is -0.629. The van der Waals surface area contributed by atoms with E-state index in [-0.39, 0.29) is 11.3 Å². The number of benzene rings is 1. The van der Waals surface area contributed by atoms with Gasteiger partial charge in [-0.15, -0.1) is 11.3 Å². The van der Waals surface area contributed by atoms with Crippen LogP contribution in [0.2, 0.25) is 0 Å². The average Bonchev–Trinajstić information content (AvgIpc) is 2.82. The van der Waals surface area contributed by atoms with Gasteiger partial charge in [0.25, 0.3) is 5.91 Å². The summed E-state index contributed by atoms with van der Waals surface area (Å²) in [6, 6.07) is 5.57. The molecule has 0 bridgehead atoms. The van der Waals surface area contributed by atoms with Crippen molar-refractivity contribution in [2.75, 3.05) is 11.9 Å². The molecule has 0 saturated heterocycles. The number of esters is 1. The zero-order valence-corrected chi connectivity index (χ0v) is 11.4. The second-order valence-electron chi connectivity index (χ2n) is 3.97. The zero-order valence-electron chi connectivity index (χ0n) is 10.6. The van der Waals surface area contributed by atoms with Gasteiger partial charge in [-0.1, -0.05) is 0 Å². The predicted octanol–water partition coefficient (Wildman–Crippen LogP) is 1.95. The number of phenols is 1. The van der Waals surface area contributed by atoms with Crippen molar-refractivity contribution in [3.63, 3.8) is 0 Å². The van der Waals surface area contributed by atoms with E-state index in [1.165, 1.54) is 35.6 Å². The maximum Gasteiger partial charge on any atom is 0.338 e. The van der Waals surface area contributed by atoms with Crippen LogP contribution in [0.1, 0.15) is 16.1 Å². The number of aromatic hydroxyl groups is 1. The van der Waals surface area contributed by atoms with Gasteiger partial charge in [0.05, 0.1) is 11.3 Å². The molecule has 2 rings (SSSR count). The summed E-state index contributed by atoms with van der Waals surface area (Å²) in [6.45, 7) is 1.43. The van der Waals surface area contributed by atoms with E-state index in [4.69, 9.17) is 9.84 Å². The molecule has 1 aromatic heterocycles. The monoisotopic (exact) mass is 292 g/mol. The Balaban J connectivity index is 1.84. The molecule has 0 aliphatic heterocycles. The van der Waals surface area contributed by atoms with Crippen LogP contribution in [-0.4, -0.2) is 28.6 Å². The van der Waals surface area contributed by atoms with Crippen LogP contribution in [-0.2, 0) is 9.53 Å². The van der Waals surface area contributed by atoms with Crippen molar-refractivity contribution in [2.24, 2.45) is 0 Å². The number of carbonyl (C=O) groups is 2. The number of ether oxygens (including phenoxy) is 1. The molecule has 0 atom stereocenters. The molecule has 0 unspecified atom stereocenters. The molecule has 1 heterocycles. The molecule has 0 saturated carbocycles. The summed E-state index contributed by atoms with van der Waals surface area (Å²) in [7, 11) is 0. The summed E-state index contributed by atoms with van der Waals surface area (Å²) in [5, 5.41) is 13.9. The lowest BCUT2D eigenvalue weighted by Crippen LogP contribution is -2.20. The first kappa shape index (κ1) is 14.0. The molecule has 0 spiro atoms. The summed E-state index contributed by atoms with van der Waals surface area (Å²) in [5.74, 6) is -1.03. The summed E-state index contributed by atoms with van der Waals surface area (Å²) in [6.07, 6.45) is 0.